The maximum Gasteiger partial charge on any atom is 0.276 e. The van der Waals surface area contributed by atoms with Crippen molar-refractivity contribution in [3.63, 3.8) is 0 Å². The van der Waals surface area contributed by atoms with E-state index in [-0.39, 0.29) is 49.9 Å². The molecule has 2 unspecified atom stereocenters. The van der Waals surface area contributed by atoms with Crippen LogP contribution in [0.5, 0.6) is 0 Å². The Labute approximate surface area is 197 Å². The second kappa shape index (κ2) is 8.48. The molecule has 2 fully saturated rings. The van der Waals surface area contributed by atoms with Gasteiger partial charge in [-0.1, -0.05) is 5.21 Å². The summed E-state index contributed by atoms with van der Waals surface area (Å²) in [5, 5.41) is 19.1. The predicted octanol–water partition coefficient (Wildman–Crippen LogP) is 0.118. The van der Waals surface area contributed by atoms with Crippen LogP contribution < -0.4 is 5.32 Å². The van der Waals surface area contributed by atoms with Gasteiger partial charge in [0, 0.05) is 31.0 Å². The maximum atomic E-state index is 14.2. The van der Waals surface area contributed by atoms with E-state index in [4.69, 9.17) is 5.11 Å². The number of aromatic nitrogens is 3. The highest BCUT2D eigenvalue weighted by Gasteiger charge is 2.46. The fourth-order valence-electron chi connectivity index (χ4n) is 4.74. The number of alkyl halides is 2. The Balaban J connectivity index is 1.32. The van der Waals surface area contributed by atoms with Crippen molar-refractivity contribution >= 4 is 23.6 Å². The minimum absolute atomic E-state index is 0.0219. The summed E-state index contributed by atoms with van der Waals surface area (Å²) in [5.74, 6) is -6.25. The van der Waals surface area contributed by atoms with Crippen molar-refractivity contribution in [1.29, 1.82) is 0 Å². The average Bonchev–Trinajstić information content (AvgIpc) is 3.43. The van der Waals surface area contributed by atoms with Gasteiger partial charge in [-0.3, -0.25) is 24.5 Å². The summed E-state index contributed by atoms with van der Waals surface area (Å²) in [6, 6.07) is 4.14. The first-order valence-electron chi connectivity index (χ1n) is 11.2. The normalized spacial score (nSPS) is 23.9. The Morgan fingerprint density at radius 3 is 2.74 bits per heavy atom. The smallest absolute Gasteiger partial charge is 0.276 e. The molecule has 2 aromatic rings. The molecule has 1 aromatic heterocycles. The molecule has 5 rings (SSSR count). The number of hydrogen-bond acceptors (Lipinski definition) is 7. The van der Waals surface area contributed by atoms with Gasteiger partial charge in [-0.05, 0) is 36.6 Å². The molecule has 1 aromatic carbocycles. The Hall–Kier alpha value is -3.74. The standard InChI is InChI=1S/C22H22F2N6O5/c23-22(24)11-28(6-5-13(22)10-31)21(35)16-9-30(27-26-16)14-1-2-15-12(7-14)8-29(20(15)34)17-3-4-18(32)25-19(17)33/h1-2,7,9,13,17,31H,3-6,8,10-11H2,(H,25,32,33). The molecule has 3 aliphatic heterocycles. The SMILES string of the molecule is O=C1CCC(N2Cc3cc(-n4cc(C(=O)N5CCC(CO)C(F)(F)C5)nn4)ccc3C2=O)C(=O)N1. The number of nitrogens with zero attached hydrogens (tertiary/aromatic N) is 5. The number of rotatable bonds is 4. The van der Waals surface area contributed by atoms with Gasteiger partial charge in [0.15, 0.2) is 5.69 Å². The number of carbonyl (C=O) groups excluding carboxylic acids is 4. The zero-order valence-electron chi connectivity index (χ0n) is 18.5. The van der Waals surface area contributed by atoms with Gasteiger partial charge in [-0.15, -0.1) is 5.10 Å². The van der Waals surface area contributed by atoms with Gasteiger partial charge < -0.3 is 14.9 Å². The van der Waals surface area contributed by atoms with Crippen LogP contribution in [0, 0.1) is 5.92 Å². The summed E-state index contributed by atoms with van der Waals surface area (Å²) in [7, 11) is 0. The molecule has 2 saturated heterocycles. The zero-order valence-corrected chi connectivity index (χ0v) is 18.5. The molecular weight excluding hydrogens is 466 g/mol. The summed E-state index contributed by atoms with van der Waals surface area (Å²) in [6.45, 7) is -1.21. The van der Waals surface area contributed by atoms with E-state index in [1.54, 1.807) is 18.2 Å². The average molecular weight is 488 g/mol. The van der Waals surface area contributed by atoms with Crippen LogP contribution in [0.4, 0.5) is 8.78 Å². The molecule has 4 amide bonds. The van der Waals surface area contributed by atoms with E-state index in [0.29, 0.717) is 16.8 Å². The summed E-state index contributed by atoms with van der Waals surface area (Å²) >= 11 is 0. The van der Waals surface area contributed by atoms with Gasteiger partial charge in [0.1, 0.15) is 6.04 Å². The Kier molecular flexibility index (Phi) is 5.58. The van der Waals surface area contributed by atoms with E-state index in [1.807, 2.05) is 0 Å². The van der Waals surface area contributed by atoms with Crippen LogP contribution in [0.15, 0.2) is 24.4 Å². The number of piperidine rings is 2. The minimum atomic E-state index is -3.19. The number of carbonyl (C=O) groups is 4. The first-order chi connectivity index (χ1) is 16.7. The Bertz CT molecular complexity index is 1230. The molecule has 0 bridgehead atoms. The number of likely N-dealkylation sites (tertiary alicyclic amines) is 1. The third-order valence-electron chi connectivity index (χ3n) is 6.74. The first-order valence-corrected chi connectivity index (χ1v) is 11.2. The van der Waals surface area contributed by atoms with Crippen LogP contribution >= 0.6 is 0 Å². The van der Waals surface area contributed by atoms with Gasteiger partial charge in [0.05, 0.1) is 25.0 Å². The third-order valence-corrected chi connectivity index (χ3v) is 6.74. The lowest BCUT2D eigenvalue weighted by atomic mass is 9.93. The molecular formula is C22H22F2N6O5. The van der Waals surface area contributed by atoms with E-state index < -0.39 is 42.8 Å². The number of halogens is 2. The summed E-state index contributed by atoms with van der Waals surface area (Å²) in [4.78, 5) is 51.6. The van der Waals surface area contributed by atoms with Crippen molar-refractivity contribution in [1.82, 2.24) is 30.1 Å². The summed E-state index contributed by atoms with van der Waals surface area (Å²) < 4.78 is 29.6. The highest BCUT2D eigenvalue weighted by Crippen LogP contribution is 2.33. The van der Waals surface area contributed by atoms with Crippen LogP contribution in [0.25, 0.3) is 5.69 Å². The first kappa shape index (κ1) is 23.0. The molecule has 4 heterocycles. The molecule has 0 radical (unpaired) electrons. The van der Waals surface area contributed by atoms with Crippen molar-refractivity contribution in [2.24, 2.45) is 5.92 Å². The van der Waals surface area contributed by atoms with E-state index in [9.17, 15) is 28.0 Å². The lowest BCUT2D eigenvalue weighted by Gasteiger charge is -2.37. The molecule has 13 heteroatoms. The van der Waals surface area contributed by atoms with Crippen LogP contribution in [0.3, 0.4) is 0 Å². The number of hydrogen-bond donors (Lipinski definition) is 2. The van der Waals surface area contributed by atoms with Gasteiger partial charge in [0.2, 0.25) is 11.8 Å². The van der Waals surface area contributed by atoms with Gasteiger partial charge in [-0.25, -0.2) is 13.5 Å². The molecule has 35 heavy (non-hydrogen) atoms. The van der Waals surface area contributed by atoms with E-state index in [0.717, 1.165) is 4.90 Å². The molecule has 184 valence electrons. The molecule has 0 saturated carbocycles. The number of fused-ring (bicyclic) bond motifs is 1. The van der Waals surface area contributed by atoms with Crippen molar-refractivity contribution in [3.05, 3.63) is 41.2 Å². The monoisotopic (exact) mass is 488 g/mol. The van der Waals surface area contributed by atoms with Crippen molar-refractivity contribution in [2.45, 2.75) is 37.8 Å². The Morgan fingerprint density at radius 1 is 1.23 bits per heavy atom. The van der Waals surface area contributed by atoms with E-state index in [1.165, 1.54) is 15.8 Å². The Morgan fingerprint density at radius 2 is 2.03 bits per heavy atom. The largest absolute Gasteiger partial charge is 0.396 e. The van der Waals surface area contributed by atoms with Gasteiger partial charge in [-0.2, -0.15) is 0 Å². The molecule has 2 atom stereocenters. The second-order valence-electron chi connectivity index (χ2n) is 8.95. The number of imide groups is 1. The van der Waals surface area contributed by atoms with Crippen molar-refractivity contribution in [2.75, 3.05) is 19.7 Å². The highest BCUT2D eigenvalue weighted by atomic mass is 19.3. The molecule has 2 N–H and O–H groups in total. The van der Waals surface area contributed by atoms with Crippen LogP contribution in [-0.2, 0) is 16.1 Å². The lowest BCUT2D eigenvalue weighted by Crippen LogP contribution is -2.52. The fraction of sp³-hybridized carbons (Fsp3) is 0.455. The van der Waals surface area contributed by atoms with Crippen LogP contribution in [-0.4, -0.2) is 85.2 Å². The third kappa shape index (κ3) is 4.05. The van der Waals surface area contributed by atoms with Crippen LogP contribution in [0.1, 0.15) is 45.7 Å². The van der Waals surface area contributed by atoms with E-state index >= 15 is 0 Å². The van der Waals surface area contributed by atoms with E-state index in [2.05, 4.69) is 15.6 Å². The second-order valence-corrected chi connectivity index (χ2v) is 8.95. The number of benzene rings is 1. The van der Waals surface area contributed by atoms with Crippen molar-refractivity contribution < 1.29 is 33.1 Å². The number of amides is 4. The fourth-order valence-corrected chi connectivity index (χ4v) is 4.74. The van der Waals surface area contributed by atoms with Gasteiger partial charge >= 0.3 is 0 Å². The number of aliphatic hydroxyl groups excluding tert-OH is 1. The quantitative estimate of drug-likeness (QED) is 0.583. The molecule has 11 nitrogen and oxygen atoms in total. The molecule has 0 spiro atoms. The highest BCUT2D eigenvalue weighted by molar-refractivity contribution is 6.05. The predicted molar refractivity (Wildman–Crippen MR) is 113 cm³/mol. The summed E-state index contributed by atoms with van der Waals surface area (Å²) in [6.07, 6.45) is 1.71. The van der Waals surface area contributed by atoms with Gasteiger partial charge in [0.25, 0.3) is 17.7 Å². The topological polar surface area (TPSA) is 138 Å². The number of nitrogens with one attached hydrogen (secondary N) is 1. The summed E-state index contributed by atoms with van der Waals surface area (Å²) in [5.41, 5.74) is 1.46. The lowest BCUT2D eigenvalue weighted by molar-refractivity contribution is -0.136. The zero-order chi connectivity index (χ0) is 24.9. The minimum Gasteiger partial charge on any atom is -0.396 e. The van der Waals surface area contributed by atoms with Crippen molar-refractivity contribution in [3.8, 4) is 5.69 Å². The number of aliphatic hydroxyl groups is 1. The maximum absolute atomic E-state index is 14.2. The molecule has 0 aliphatic carbocycles. The molecule has 3 aliphatic rings. The van der Waals surface area contributed by atoms with Crippen LogP contribution in [0.2, 0.25) is 0 Å².